The Kier molecular flexibility index (Phi) is 6.12. The van der Waals surface area contributed by atoms with Crippen molar-refractivity contribution in [1.82, 2.24) is 5.32 Å². The van der Waals surface area contributed by atoms with Crippen LogP contribution in [0.15, 0.2) is 65.1 Å². The van der Waals surface area contributed by atoms with Crippen LogP contribution in [-0.2, 0) is 6.54 Å². The largest absolute Gasteiger partial charge is 0.497 e. The normalized spacial score (nSPS) is 10.3. The molecule has 7 heteroatoms. The fraction of sp³-hybridized carbons (Fsp3) is 0.100. The number of amides is 2. The molecule has 6 nitrogen and oxygen atoms in total. The molecule has 0 fully saturated rings. The zero-order valence-electron chi connectivity index (χ0n) is 14.5. The molecule has 0 bridgehead atoms. The van der Waals surface area contributed by atoms with Gasteiger partial charge in [0.25, 0.3) is 11.8 Å². The predicted molar refractivity (Wildman–Crippen MR) is 110 cm³/mol. The van der Waals surface area contributed by atoms with Gasteiger partial charge in [0.1, 0.15) is 11.5 Å². The Labute approximate surface area is 170 Å². The van der Waals surface area contributed by atoms with Crippen LogP contribution >= 0.6 is 22.6 Å². The summed E-state index contributed by atoms with van der Waals surface area (Å²) < 4.78 is 11.7. The maximum Gasteiger partial charge on any atom is 0.291 e. The molecular formula is C20H17IN2O4. The Morgan fingerprint density at radius 1 is 0.963 bits per heavy atom. The van der Waals surface area contributed by atoms with Crippen LogP contribution in [-0.4, -0.2) is 18.9 Å². The van der Waals surface area contributed by atoms with E-state index in [1.807, 2.05) is 24.3 Å². The number of anilines is 1. The average Bonchev–Trinajstić information content (AvgIpc) is 3.17. The molecule has 0 aliphatic carbocycles. The number of hydrogen-bond acceptors (Lipinski definition) is 4. The van der Waals surface area contributed by atoms with E-state index in [2.05, 4.69) is 33.2 Å². The summed E-state index contributed by atoms with van der Waals surface area (Å²) in [6.07, 6.45) is 0. The van der Waals surface area contributed by atoms with E-state index in [0.717, 1.165) is 3.57 Å². The second-order valence-electron chi connectivity index (χ2n) is 5.64. The number of ether oxygens (including phenoxy) is 1. The monoisotopic (exact) mass is 476 g/mol. The maximum atomic E-state index is 12.2. The molecule has 0 radical (unpaired) electrons. The van der Waals surface area contributed by atoms with E-state index in [1.54, 1.807) is 43.5 Å². The highest BCUT2D eigenvalue weighted by atomic mass is 127. The smallest absolute Gasteiger partial charge is 0.291 e. The van der Waals surface area contributed by atoms with E-state index < -0.39 is 0 Å². The molecule has 0 spiro atoms. The molecule has 0 aliphatic rings. The van der Waals surface area contributed by atoms with Gasteiger partial charge in [-0.3, -0.25) is 9.59 Å². The molecule has 27 heavy (non-hydrogen) atoms. The molecule has 2 aromatic carbocycles. The topological polar surface area (TPSA) is 80.6 Å². The van der Waals surface area contributed by atoms with E-state index in [9.17, 15) is 9.59 Å². The number of benzene rings is 2. The number of nitrogens with one attached hydrogen (secondary N) is 2. The van der Waals surface area contributed by atoms with Gasteiger partial charge in [-0.25, -0.2) is 0 Å². The SMILES string of the molecule is COc1ccc(C(=O)NCc2ccc(C(=O)Nc3ccc(I)cc3)o2)cc1. The lowest BCUT2D eigenvalue weighted by Crippen LogP contribution is -2.22. The van der Waals surface area contributed by atoms with Crippen LogP contribution in [0.3, 0.4) is 0 Å². The van der Waals surface area contributed by atoms with Crippen LogP contribution < -0.4 is 15.4 Å². The van der Waals surface area contributed by atoms with Crippen molar-refractivity contribution in [1.29, 1.82) is 0 Å². The van der Waals surface area contributed by atoms with Crippen LogP contribution in [0.2, 0.25) is 0 Å². The minimum Gasteiger partial charge on any atom is -0.497 e. The fourth-order valence-electron chi connectivity index (χ4n) is 2.33. The van der Waals surface area contributed by atoms with Crippen molar-refractivity contribution >= 4 is 40.1 Å². The summed E-state index contributed by atoms with van der Waals surface area (Å²) in [5.74, 6) is 0.774. The summed E-state index contributed by atoms with van der Waals surface area (Å²) >= 11 is 2.20. The number of carbonyl (C=O) groups is 2. The molecule has 0 saturated heterocycles. The highest BCUT2D eigenvalue weighted by Crippen LogP contribution is 2.15. The van der Waals surface area contributed by atoms with Gasteiger partial charge in [-0.05, 0) is 83.3 Å². The molecule has 2 N–H and O–H groups in total. The molecule has 0 aliphatic heterocycles. The van der Waals surface area contributed by atoms with Gasteiger partial charge in [0.15, 0.2) is 5.76 Å². The first kappa shape index (κ1) is 19.0. The molecule has 0 saturated carbocycles. The number of carbonyl (C=O) groups excluding carboxylic acids is 2. The van der Waals surface area contributed by atoms with Gasteiger partial charge in [0.2, 0.25) is 0 Å². The lowest BCUT2D eigenvalue weighted by atomic mass is 10.2. The molecule has 3 aromatic rings. The standard InChI is InChI=1S/C20H17IN2O4/c1-26-16-8-2-13(3-9-16)19(24)22-12-17-10-11-18(27-17)20(25)23-15-6-4-14(21)5-7-15/h2-11H,12H2,1H3,(H,22,24)(H,23,25). The summed E-state index contributed by atoms with van der Waals surface area (Å²) in [5, 5.41) is 5.52. The van der Waals surface area contributed by atoms with E-state index >= 15 is 0 Å². The summed E-state index contributed by atoms with van der Waals surface area (Å²) in [6.45, 7) is 0.182. The molecule has 138 valence electrons. The van der Waals surface area contributed by atoms with E-state index in [-0.39, 0.29) is 24.1 Å². The highest BCUT2D eigenvalue weighted by molar-refractivity contribution is 14.1. The number of furan rings is 1. The summed E-state index contributed by atoms with van der Waals surface area (Å²) in [6, 6.07) is 17.5. The summed E-state index contributed by atoms with van der Waals surface area (Å²) in [7, 11) is 1.57. The van der Waals surface area contributed by atoms with Gasteiger partial charge in [-0.2, -0.15) is 0 Å². The van der Waals surface area contributed by atoms with Crippen molar-refractivity contribution < 1.29 is 18.7 Å². The van der Waals surface area contributed by atoms with Crippen LogP contribution in [0.4, 0.5) is 5.69 Å². The van der Waals surface area contributed by atoms with Gasteiger partial charge < -0.3 is 19.8 Å². The number of hydrogen-bond donors (Lipinski definition) is 2. The van der Waals surface area contributed by atoms with Gasteiger partial charge >= 0.3 is 0 Å². The van der Waals surface area contributed by atoms with Gasteiger partial charge in [-0.1, -0.05) is 0 Å². The Morgan fingerprint density at radius 2 is 1.67 bits per heavy atom. The van der Waals surface area contributed by atoms with Crippen molar-refractivity contribution in [2.24, 2.45) is 0 Å². The molecule has 1 heterocycles. The Morgan fingerprint density at radius 3 is 2.33 bits per heavy atom. The summed E-state index contributed by atoms with van der Waals surface area (Å²) in [4.78, 5) is 24.4. The van der Waals surface area contributed by atoms with E-state index in [0.29, 0.717) is 22.8 Å². The first-order valence-corrected chi connectivity index (χ1v) is 9.21. The van der Waals surface area contributed by atoms with Crippen molar-refractivity contribution in [3.8, 4) is 5.75 Å². The van der Waals surface area contributed by atoms with Crippen molar-refractivity contribution in [2.45, 2.75) is 6.54 Å². The Balaban J connectivity index is 1.56. The Bertz CT molecular complexity index is 933. The number of halogens is 1. The van der Waals surface area contributed by atoms with Gasteiger partial charge in [-0.15, -0.1) is 0 Å². The van der Waals surface area contributed by atoms with Crippen LogP contribution in [0.1, 0.15) is 26.7 Å². The highest BCUT2D eigenvalue weighted by Gasteiger charge is 2.13. The first-order valence-electron chi connectivity index (χ1n) is 8.13. The molecule has 0 unspecified atom stereocenters. The summed E-state index contributed by atoms with van der Waals surface area (Å²) in [5.41, 5.74) is 1.20. The Hall–Kier alpha value is -2.81. The molecular weight excluding hydrogens is 459 g/mol. The number of methoxy groups -OCH3 is 1. The van der Waals surface area contributed by atoms with Crippen LogP contribution in [0.25, 0.3) is 0 Å². The van der Waals surface area contributed by atoms with Crippen LogP contribution in [0.5, 0.6) is 5.75 Å². The minimum atomic E-state index is -0.344. The maximum absolute atomic E-state index is 12.2. The lowest BCUT2D eigenvalue weighted by molar-refractivity contribution is 0.0948. The quantitative estimate of drug-likeness (QED) is 0.526. The van der Waals surface area contributed by atoms with Gasteiger partial charge in [0.05, 0.1) is 13.7 Å². The van der Waals surface area contributed by atoms with E-state index in [4.69, 9.17) is 9.15 Å². The second kappa shape index (κ2) is 8.72. The fourth-order valence-corrected chi connectivity index (χ4v) is 2.69. The van der Waals surface area contributed by atoms with Crippen LogP contribution in [0, 0.1) is 3.57 Å². The molecule has 3 rings (SSSR count). The number of rotatable bonds is 6. The van der Waals surface area contributed by atoms with Crippen molar-refractivity contribution in [3.05, 3.63) is 81.3 Å². The molecule has 1 aromatic heterocycles. The third kappa shape index (κ3) is 5.10. The predicted octanol–water partition coefficient (Wildman–Crippen LogP) is 4.08. The zero-order valence-corrected chi connectivity index (χ0v) is 16.6. The van der Waals surface area contributed by atoms with Crippen molar-refractivity contribution in [3.63, 3.8) is 0 Å². The molecule has 2 amide bonds. The third-order valence-corrected chi connectivity index (χ3v) is 4.48. The zero-order chi connectivity index (χ0) is 19.2. The average molecular weight is 476 g/mol. The second-order valence-corrected chi connectivity index (χ2v) is 6.88. The van der Waals surface area contributed by atoms with E-state index in [1.165, 1.54) is 0 Å². The lowest BCUT2D eigenvalue weighted by Gasteiger charge is -2.05. The molecule has 0 atom stereocenters. The van der Waals surface area contributed by atoms with Gasteiger partial charge in [0, 0.05) is 14.8 Å². The third-order valence-electron chi connectivity index (χ3n) is 3.76. The first-order chi connectivity index (χ1) is 13.0. The minimum absolute atomic E-state index is 0.182. The van der Waals surface area contributed by atoms with Crippen molar-refractivity contribution in [2.75, 3.05) is 12.4 Å².